The standard InChI is InChI=1S/C36H36N4O8/c1-5-45-33(41)37-17-9-25(10-18-37)29-30(26-11-19-38(20-12-26)34(42)46-6-2)32(28-15-23-40(24-16-28)36(44)48-8-4)31(29)27-13-21-39(22-14-27)35(43)47-7-3/h9-24H,5-8H2,1-4H3/q+4. The van der Waals surface area contributed by atoms with Gasteiger partial charge < -0.3 is 18.9 Å². The van der Waals surface area contributed by atoms with E-state index < -0.39 is 24.4 Å². The molecule has 0 atom stereocenters. The molecule has 0 bridgehead atoms. The zero-order chi connectivity index (χ0) is 34.2. The van der Waals surface area contributed by atoms with Crippen molar-refractivity contribution < 1.29 is 56.4 Å². The van der Waals surface area contributed by atoms with Gasteiger partial charge in [-0.25, -0.2) is 0 Å². The fraction of sp³-hybridized carbons (Fsp3) is 0.222. The van der Waals surface area contributed by atoms with Crippen LogP contribution in [0.5, 0.6) is 0 Å². The lowest BCUT2D eigenvalue weighted by atomic mass is 9.70. The molecule has 1 aliphatic rings. The third kappa shape index (κ3) is 6.87. The van der Waals surface area contributed by atoms with Gasteiger partial charge in [-0.05, 0) is 72.2 Å². The van der Waals surface area contributed by atoms with Gasteiger partial charge in [0, 0.05) is 48.5 Å². The number of aromatic nitrogens is 4. The van der Waals surface area contributed by atoms with E-state index in [1.165, 1.54) is 18.3 Å². The van der Waals surface area contributed by atoms with E-state index in [9.17, 15) is 19.2 Å². The van der Waals surface area contributed by atoms with Crippen molar-refractivity contribution in [2.75, 3.05) is 26.4 Å². The summed E-state index contributed by atoms with van der Waals surface area (Å²) in [6.07, 6.45) is 11.1. The minimum atomic E-state index is -0.499. The number of allylic oxidation sites excluding steroid dienone is 4. The summed E-state index contributed by atoms with van der Waals surface area (Å²) in [5.41, 5.74) is 6.71. The summed E-state index contributed by atoms with van der Waals surface area (Å²) < 4.78 is 26.0. The quantitative estimate of drug-likeness (QED) is 0.203. The number of carbonyl (C=O) groups excluding carboxylic acids is 4. The molecule has 4 heterocycles. The van der Waals surface area contributed by atoms with E-state index in [0.29, 0.717) is 0 Å². The third-order valence-electron chi connectivity index (χ3n) is 7.39. The van der Waals surface area contributed by atoms with E-state index in [4.69, 9.17) is 18.9 Å². The van der Waals surface area contributed by atoms with Crippen molar-refractivity contribution in [2.45, 2.75) is 27.7 Å². The molecule has 0 aliphatic heterocycles. The van der Waals surface area contributed by atoms with Gasteiger partial charge in [-0.15, -0.1) is 0 Å². The lowest BCUT2D eigenvalue weighted by Gasteiger charge is -2.32. The summed E-state index contributed by atoms with van der Waals surface area (Å²) >= 11 is 0. The van der Waals surface area contributed by atoms with Crippen molar-refractivity contribution in [2.24, 2.45) is 0 Å². The maximum Gasteiger partial charge on any atom is 0.601 e. The molecule has 0 amide bonds. The molecule has 4 aromatic heterocycles. The van der Waals surface area contributed by atoms with E-state index in [1.807, 2.05) is 48.5 Å². The molecule has 0 saturated heterocycles. The minimum Gasteiger partial charge on any atom is -0.412 e. The Hall–Kier alpha value is -6.04. The number of hydrogen-bond acceptors (Lipinski definition) is 8. The number of ether oxygens (including phenoxy) is 4. The number of pyridine rings is 4. The Labute approximate surface area is 277 Å². The van der Waals surface area contributed by atoms with Crippen molar-refractivity contribution in [1.82, 2.24) is 0 Å². The lowest BCUT2D eigenvalue weighted by Crippen LogP contribution is -2.43. The van der Waals surface area contributed by atoms with Crippen LogP contribution in [-0.4, -0.2) is 50.8 Å². The fourth-order valence-corrected chi connectivity index (χ4v) is 5.24. The summed E-state index contributed by atoms with van der Waals surface area (Å²) in [7, 11) is 0. The Morgan fingerprint density at radius 3 is 0.688 bits per heavy atom. The van der Waals surface area contributed by atoms with E-state index in [0.717, 1.165) is 44.5 Å². The molecule has 0 N–H and O–H groups in total. The molecule has 12 nitrogen and oxygen atoms in total. The van der Waals surface area contributed by atoms with E-state index in [2.05, 4.69) is 0 Å². The third-order valence-corrected chi connectivity index (χ3v) is 7.39. The molecule has 0 saturated carbocycles. The van der Waals surface area contributed by atoms with Crippen LogP contribution in [0.1, 0.15) is 49.9 Å². The number of rotatable bonds is 8. The molecule has 48 heavy (non-hydrogen) atoms. The predicted molar refractivity (Wildman–Crippen MR) is 170 cm³/mol. The molecular formula is C36H36N4O8+4. The van der Waals surface area contributed by atoms with Gasteiger partial charge in [0.1, 0.15) is 0 Å². The Bertz CT molecular complexity index is 1610. The molecule has 0 spiro atoms. The summed E-state index contributed by atoms with van der Waals surface area (Å²) in [5.74, 6) is 0. The Morgan fingerprint density at radius 2 is 0.542 bits per heavy atom. The second kappa shape index (κ2) is 15.0. The average Bonchev–Trinajstić information content (AvgIpc) is 3.09. The van der Waals surface area contributed by atoms with Crippen LogP contribution in [0, 0.1) is 0 Å². The molecule has 0 radical (unpaired) electrons. The van der Waals surface area contributed by atoms with Crippen molar-refractivity contribution in [3.63, 3.8) is 0 Å². The van der Waals surface area contributed by atoms with Gasteiger partial charge in [0.25, 0.3) is 0 Å². The molecule has 4 aromatic rings. The Balaban J connectivity index is 1.69. The Morgan fingerprint density at radius 1 is 0.375 bits per heavy atom. The first-order valence-corrected chi connectivity index (χ1v) is 15.6. The Kier molecular flexibility index (Phi) is 10.4. The lowest BCUT2D eigenvalue weighted by molar-refractivity contribution is -0.586. The summed E-state index contributed by atoms with van der Waals surface area (Å²) in [6, 6.07) is 14.6. The predicted octanol–water partition coefficient (Wildman–Crippen LogP) is 4.39. The number of hydrogen-bond donors (Lipinski definition) is 0. The molecule has 0 unspecified atom stereocenters. The van der Waals surface area contributed by atoms with Gasteiger partial charge in [0.15, 0.2) is 49.6 Å². The average molecular weight is 653 g/mol. The van der Waals surface area contributed by atoms with Crippen LogP contribution in [0.3, 0.4) is 0 Å². The van der Waals surface area contributed by atoms with Crippen LogP contribution in [0.15, 0.2) is 98.1 Å². The second-order valence-electron chi connectivity index (χ2n) is 10.3. The zero-order valence-corrected chi connectivity index (χ0v) is 27.1. The van der Waals surface area contributed by atoms with E-state index in [1.54, 1.807) is 77.3 Å². The van der Waals surface area contributed by atoms with Crippen molar-refractivity contribution >= 4 is 46.7 Å². The van der Waals surface area contributed by atoms with Crippen LogP contribution in [0.2, 0.25) is 0 Å². The highest BCUT2D eigenvalue weighted by atomic mass is 16.6. The van der Waals surface area contributed by atoms with Crippen LogP contribution in [0.25, 0.3) is 22.3 Å². The van der Waals surface area contributed by atoms with Gasteiger partial charge in [-0.2, -0.15) is 19.2 Å². The highest BCUT2D eigenvalue weighted by Crippen LogP contribution is 2.55. The van der Waals surface area contributed by atoms with Crippen molar-refractivity contribution in [3.8, 4) is 0 Å². The van der Waals surface area contributed by atoms with Crippen LogP contribution >= 0.6 is 0 Å². The smallest absolute Gasteiger partial charge is 0.412 e. The topological polar surface area (TPSA) is 121 Å². The summed E-state index contributed by atoms with van der Waals surface area (Å²) in [6.45, 7) is 7.94. The summed E-state index contributed by atoms with van der Waals surface area (Å²) in [5, 5.41) is 0. The molecular weight excluding hydrogens is 616 g/mol. The largest absolute Gasteiger partial charge is 0.601 e. The second-order valence-corrected chi connectivity index (χ2v) is 10.3. The van der Waals surface area contributed by atoms with Crippen molar-refractivity contribution in [1.29, 1.82) is 0 Å². The van der Waals surface area contributed by atoms with E-state index >= 15 is 0 Å². The number of carbonyl (C=O) groups is 4. The fourth-order valence-electron chi connectivity index (χ4n) is 5.24. The molecule has 0 fully saturated rings. The first kappa shape index (κ1) is 33.3. The zero-order valence-electron chi connectivity index (χ0n) is 27.1. The summed E-state index contributed by atoms with van der Waals surface area (Å²) in [4.78, 5) is 49.6. The first-order valence-electron chi connectivity index (χ1n) is 15.6. The minimum absolute atomic E-state index is 0.242. The highest BCUT2D eigenvalue weighted by molar-refractivity contribution is 6.43. The van der Waals surface area contributed by atoms with E-state index in [-0.39, 0.29) is 26.4 Å². The number of nitrogens with zero attached hydrogens (tertiary/aromatic N) is 4. The molecule has 244 valence electrons. The normalized spacial score (nSPS) is 12.2. The van der Waals surface area contributed by atoms with Gasteiger partial charge in [0.2, 0.25) is 0 Å². The van der Waals surface area contributed by atoms with Gasteiger partial charge in [-0.3, -0.25) is 0 Å². The molecule has 1 aliphatic carbocycles. The monoisotopic (exact) mass is 652 g/mol. The molecule has 0 aromatic carbocycles. The van der Waals surface area contributed by atoms with Crippen molar-refractivity contribution in [3.05, 3.63) is 120 Å². The highest BCUT2D eigenvalue weighted by Gasteiger charge is 2.35. The van der Waals surface area contributed by atoms with Gasteiger partial charge in [0.05, 0.1) is 26.4 Å². The molecule has 5 rings (SSSR count). The van der Waals surface area contributed by atoms with Crippen LogP contribution in [0.4, 0.5) is 19.2 Å². The maximum atomic E-state index is 12.4. The van der Waals surface area contributed by atoms with Gasteiger partial charge >= 0.3 is 24.4 Å². The SMILES string of the molecule is CCOC(=O)[n+]1ccc(C2=C(c3cc[n+](C(=O)OCC)cc3)C(c3cc[n+](C(=O)OCC)cc3)=C2c2cc[n+](C(=O)OCC)cc2)cc1. The van der Waals surface area contributed by atoms with Gasteiger partial charge in [-0.1, -0.05) is 18.3 Å². The first-order chi connectivity index (χ1) is 23.3. The van der Waals surface area contributed by atoms with Crippen LogP contribution < -0.4 is 18.3 Å². The maximum absolute atomic E-state index is 12.4. The molecule has 12 heteroatoms. The van der Waals surface area contributed by atoms with Crippen LogP contribution in [-0.2, 0) is 18.9 Å².